The number of carbonyl (C=O) groups excluding carboxylic acids is 1. The van der Waals surface area contributed by atoms with Crippen molar-refractivity contribution in [3.05, 3.63) is 47.0 Å². The topological polar surface area (TPSA) is 89.5 Å². The van der Waals surface area contributed by atoms with Gasteiger partial charge < -0.3 is 4.74 Å². The van der Waals surface area contributed by atoms with E-state index in [9.17, 15) is 15.3 Å². The molecule has 0 radical (unpaired) electrons. The van der Waals surface area contributed by atoms with Gasteiger partial charge in [-0.15, -0.1) is 0 Å². The van der Waals surface area contributed by atoms with E-state index in [-0.39, 0.29) is 6.61 Å². The molecule has 0 amide bonds. The van der Waals surface area contributed by atoms with Crippen LogP contribution in [0, 0.1) is 28.6 Å². The molecule has 3 rings (SSSR count). The lowest BCUT2D eigenvalue weighted by atomic mass is 9.84. The van der Waals surface area contributed by atoms with E-state index in [1.807, 2.05) is 24.3 Å². The lowest BCUT2D eigenvalue weighted by Crippen LogP contribution is -2.41. The zero-order valence-electron chi connectivity index (χ0n) is 13.4. The molecule has 0 bridgehead atoms. The predicted molar refractivity (Wildman–Crippen MR) is 86.5 cm³/mol. The molecular formula is C18H16N4O2. The lowest BCUT2D eigenvalue weighted by molar-refractivity contribution is -0.147. The fourth-order valence-corrected chi connectivity index (χ4v) is 3.50. The van der Waals surface area contributed by atoms with Crippen LogP contribution in [0.2, 0.25) is 0 Å². The summed E-state index contributed by atoms with van der Waals surface area (Å²) in [6.45, 7) is 3.68. The number of hydrogen-bond acceptors (Lipinski definition) is 6. The summed E-state index contributed by atoms with van der Waals surface area (Å²) in [5, 5.41) is 25.3. The number of hydrazone groups is 1. The molecule has 6 nitrogen and oxygen atoms in total. The second kappa shape index (κ2) is 5.82. The average molecular weight is 320 g/mol. The summed E-state index contributed by atoms with van der Waals surface area (Å²) in [7, 11) is 0. The van der Waals surface area contributed by atoms with Crippen molar-refractivity contribution in [2.45, 2.75) is 25.4 Å². The summed E-state index contributed by atoms with van der Waals surface area (Å²) < 4.78 is 5.23. The van der Waals surface area contributed by atoms with Gasteiger partial charge in [0.25, 0.3) is 5.54 Å². The summed E-state index contributed by atoms with van der Waals surface area (Å²) in [6, 6.07) is 11.1. The SMILES string of the molecule is C/C=C1\[C@H](C(=O)OCC)[C@@H]2c3ccccc3C=NN2C1(C#N)C#N. The molecule has 1 aromatic carbocycles. The first-order valence-electron chi connectivity index (χ1n) is 7.72. The minimum atomic E-state index is -1.61. The minimum Gasteiger partial charge on any atom is -0.465 e. The lowest BCUT2D eigenvalue weighted by Gasteiger charge is -2.32. The van der Waals surface area contributed by atoms with Crippen LogP contribution in [0.1, 0.15) is 31.0 Å². The number of rotatable bonds is 2. The van der Waals surface area contributed by atoms with Crippen molar-refractivity contribution >= 4 is 12.2 Å². The predicted octanol–water partition coefficient (Wildman–Crippen LogP) is 2.30. The molecule has 0 saturated carbocycles. The van der Waals surface area contributed by atoms with Crippen LogP contribution in [0.15, 0.2) is 41.0 Å². The largest absolute Gasteiger partial charge is 0.465 e. The Balaban J connectivity index is 2.26. The standard InChI is InChI=1S/C18H16N4O2/c1-3-14-15(17(23)24-4-2)16-13-8-6-5-7-12(13)9-21-22(16)18(14,10-19)11-20/h3,5-9,15-16H,4H2,1-2H3/b14-3+/t15-,16-/m0/s1. The number of fused-ring (bicyclic) bond motifs is 3. The van der Waals surface area contributed by atoms with Gasteiger partial charge in [0.15, 0.2) is 0 Å². The molecule has 120 valence electrons. The normalized spacial score (nSPS) is 24.7. The van der Waals surface area contributed by atoms with Crippen molar-refractivity contribution in [3.63, 3.8) is 0 Å². The van der Waals surface area contributed by atoms with Gasteiger partial charge in [-0.05, 0) is 30.5 Å². The van der Waals surface area contributed by atoms with E-state index in [0.717, 1.165) is 11.1 Å². The Kier molecular flexibility index (Phi) is 3.83. The Morgan fingerprint density at radius 1 is 1.42 bits per heavy atom. The molecule has 24 heavy (non-hydrogen) atoms. The molecule has 0 N–H and O–H groups in total. The molecule has 0 spiro atoms. The molecule has 1 aromatic rings. The number of nitriles is 2. The maximum atomic E-state index is 12.6. The highest BCUT2D eigenvalue weighted by Gasteiger charge is 2.61. The molecule has 0 aliphatic carbocycles. The van der Waals surface area contributed by atoms with E-state index in [2.05, 4.69) is 17.2 Å². The maximum absolute atomic E-state index is 12.6. The Hall–Kier alpha value is -3.12. The van der Waals surface area contributed by atoms with E-state index < -0.39 is 23.5 Å². The Bertz CT molecular complexity index is 814. The summed E-state index contributed by atoms with van der Waals surface area (Å²) in [4.78, 5) is 12.6. The van der Waals surface area contributed by atoms with Gasteiger partial charge in [0, 0.05) is 0 Å². The average Bonchev–Trinajstić information content (AvgIpc) is 2.92. The number of hydrogen-bond donors (Lipinski definition) is 0. The monoisotopic (exact) mass is 320 g/mol. The zero-order valence-corrected chi connectivity index (χ0v) is 13.4. The minimum absolute atomic E-state index is 0.232. The van der Waals surface area contributed by atoms with Crippen molar-refractivity contribution < 1.29 is 9.53 Å². The van der Waals surface area contributed by atoms with Crippen molar-refractivity contribution in [3.8, 4) is 12.1 Å². The van der Waals surface area contributed by atoms with Gasteiger partial charge in [0.1, 0.15) is 18.1 Å². The van der Waals surface area contributed by atoms with E-state index >= 15 is 0 Å². The third-order valence-corrected chi connectivity index (χ3v) is 4.49. The second-order valence-corrected chi connectivity index (χ2v) is 5.57. The number of nitrogens with zero attached hydrogens (tertiary/aromatic N) is 4. The Labute approximate surface area is 140 Å². The highest BCUT2D eigenvalue weighted by molar-refractivity contribution is 5.87. The number of esters is 1. The van der Waals surface area contributed by atoms with Crippen LogP contribution in [0.3, 0.4) is 0 Å². The van der Waals surface area contributed by atoms with E-state index in [1.54, 1.807) is 26.1 Å². The first kappa shape index (κ1) is 15.8. The van der Waals surface area contributed by atoms with Crippen LogP contribution in [-0.4, -0.2) is 29.3 Å². The fourth-order valence-electron chi connectivity index (χ4n) is 3.50. The maximum Gasteiger partial charge on any atom is 0.315 e. The van der Waals surface area contributed by atoms with Crippen LogP contribution in [0.5, 0.6) is 0 Å². The molecule has 1 saturated heterocycles. The van der Waals surface area contributed by atoms with Gasteiger partial charge >= 0.3 is 5.97 Å². The van der Waals surface area contributed by atoms with Crippen molar-refractivity contribution in [1.82, 2.24) is 5.01 Å². The molecule has 2 aliphatic heterocycles. The van der Waals surface area contributed by atoms with Crippen LogP contribution in [0.4, 0.5) is 0 Å². The van der Waals surface area contributed by atoms with Crippen molar-refractivity contribution in [1.29, 1.82) is 10.5 Å². The molecule has 0 aromatic heterocycles. The molecule has 0 unspecified atom stereocenters. The van der Waals surface area contributed by atoms with Gasteiger partial charge in [-0.2, -0.15) is 15.6 Å². The first-order valence-corrected chi connectivity index (χ1v) is 7.72. The van der Waals surface area contributed by atoms with Crippen LogP contribution >= 0.6 is 0 Å². The van der Waals surface area contributed by atoms with Crippen LogP contribution in [0.25, 0.3) is 0 Å². The fraction of sp³-hybridized carbons (Fsp3) is 0.333. The third kappa shape index (κ3) is 1.93. The number of carbonyl (C=O) groups is 1. The highest BCUT2D eigenvalue weighted by atomic mass is 16.5. The van der Waals surface area contributed by atoms with Gasteiger partial charge in [-0.25, -0.2) is 0 Å². The first-order chi connectivity index (χ1) is 11.6. The summed E-state index contributed by atoms with van der Waals surface area (Å²) >= 11 is 0. The Morgan fingerprint density at radius 3 is 2.75 bits per heavy atom. The van der Waals surface area contributed by atoms with Gasteiger partial charge in [-0.1, -0.05) is 30.3 Å². The summed E-state index contributed by atoms with van der Waals surface area (Å²) in [5.41, 5.74) is 0.540. The van der Waals surface area contributed by atoms with Crippen molar-refractivity contribution in [2.75, 3.05) is 6.61 Å². The third-order valence-electron chi connectivity index (χ3n) is 4.49. The highest BCUT2D eigenvalue weighted by Crippen LogP contribution is 2.52. The molecule has 6 heteroatoms. The van der Waals surface area contributed by atoms with Gasteiger partial charge in [-0.3, -0.25) is 9.80 Å². The molecular weight excluding hydrogens is 304 g/mol. The number of allylic oxidation sites excluding steroid dienone is 1. The van der Waals surface area contributed by atoms with E-state index in [4.69, 9.17) is 4.74 Å². The smallest absolute Gasteiger partial charge is 0.315 e. The van der Waals surface area contributed by atoms with E-state index in [0.29, 0.717) is 5.57 Å². The quantitative estimate of drug-likeness (QED) is 0.616. The molecule has 2 aliphatic rings. The van der Waals surface area contributed by atoms with Crippen LogP contribution < -0.4 is 0 Å². The summed E-state index contributed by atoms with van der Waals surface area (Å²) in [5.74, 6) is -1.19. The summed E-state index contributed by atoms with van der Waals surface area (Å²) in [6.07, 6.45) is 3.28. The number of benzene rings is 1. The molecule has 1 fully saturated rings. The van der Waals surface area contributed by atoms with Crippen LogP contribution in [-0.2, 0) is 9.53 Å². The zero-order chi connectivity index (χ0) is 17.3. The molecule has 2 heterocycles. The van der Waals surface area contributed by atoms with Crippen molar-refractivity contribution in [2.24, 2.45) is 11.0 Å². The van der Waals surface area contributed by atoms with E-state index in [1.165, 1.54) is 5.01 Å². The van der Waals surface area contributed by atoms with Gasteiger partial charge in [0.05, 0.1) is 18.9 Å². The molecule has 2 atom stereocenters. The van der Waals surface area contributed by atoms with Gasteiger partial charge in [0.2, 0.25) is 0 Å². The second-order valence-electron chi connectivity index (χ2n) is 5.57. The number of ether oxygens (including phenoxy) is 1. The Morgan fingerprint density at radius 2 is 2.12 bits per heavy atom.